The van der Waals surface area contributed by atoms with Gasteiger partial charge in [-0.2, -0.15) is 0 Å². The van der Waals surface area contributed by atoms with Gasteiger partial charge in [-0.3, -0.25) is 0 Å². The molecular formula is C49H39N. The molecule has 2 saturated carbocycles. The van der Waals surface area contributed by atoms with Crippen LogP contribution >= 0.6 is 0 Å². The summed E-state index contributed by atoms with van der Waals surface area (Å²) in [5.41, 5.74) is 17.1. The lowest BCUT2D eigenvalue weighted by molar-refractivity contribution is 0.327. The van der Waals surface area contributed by atoms with E-state index in [9.17, 15) is 0 Å². The van der Waals surface area contributed by atoms with Crippen LogP contribution < -0.4 is 4.90 Å². The fourth-order valence-corrected chi connectivity index (χ4v) is 9.76. The summed E-state index contributed by atoms with van der Waals surface area (Å²) in [6, 6.07) is 65.0. The van der Waals surface area contributed by atoms with Gasteiger partial charge < -0.3 is 4.90 Å². The molecule has 3 unspecified atom stereocenters. The minimum absolute atomic E-state index is 0.142. The third kappa shape index (κ3) is 4.61. The van der Waals surface area contributed by atoms with Crippen molar-refractivity contribution in [2.24, 2.45) is 11.8 Å². The normalized spacial score (nSPS) is 19.8. The van der Waals surface area contributed by atoms with Gasteiger partial charge in [0.1, 0.15) is 0 Å². The third-order valence-electron chi connectivity index (χ3n) is 12.0. The van der Waals surface area contributed by atoms with Gasteiger partial charge in [0.25, 0.3) is 0 Å². The van der Waals surface area contributed by atoms with Crippen LogP contribution in [0.5, 0.6) is 0 Å². The Morgan fingerprint density at radius 1 is 0.420 bits per heavy atom. The Balaban J connectivity index is 1.09. The number of hydrogen-bond acceptors (Lipinski definition) is 1. The Bertz CT molecular complexity index is 2300. The zero-order valence-electron chi connectivity index (χ0n) is 28.2. The smallest absolute Gasteiger partial charge is 0.0543 e. The molecule has 2 bridgehead atoms. The molecule has 0 heterocycles. The van der Waals surface area contributed by atoms with Crippen LogP contribution in [-0.2, 0) is 5.41 Å². The van der Waals surface area contributed by atoms with Crippen LogP contribution in [0, 0.1) is 11.8 Å². The molecule has 7 aromatic carbocycles. The van der Waals surface area contributed by atoms with Gasteiger partial charge in [-0.15, -0.1) is 0 Å². The molecule has 0 aromatic heterocycles. The van der Waals surface area contributed by atoms with E-state index in [-0.39, 0.29) is 5.41 Å². The van der Waals surface area contributed by atoms with E-state index in [1.807, 2.05) is 0 Å². The van der Waals surface area contributed by atoms with E-state index in [1.54, 1.807) is 11.1 Å². The van der Waals surface area contributed by atoms with Gasteiger partial charge in [0.05, 0.1) is 5.69 Å². The van der Waals surface area contributed by atoms with Crippen LogP contribution in [0.4, 0.5) is 17.1 Å². The van der Waals surface area contributed by atoms with Gasteiger partial charge >= 0.3 is 0 Å². The maximum absolute atomic E-state index is 2.50. The first-order valence-electron chi connectivity index (χ1n) is 18.2. The van der Waals surface area contributed by atoms with Gasteiger partial charge in [0, 0.05) is 22.4 Å². The van der Waals surface area contributed by atoms with Crippen molar-refractivity contribution in [3.8, 4) is 44.5 Å². The van der Waals surface area contributed by atoms with Crippen LogP contribution in [0.1, 0.15) is 36.8 Å². The van der Waals surface area contributed by atoms with Crippen LogP contribution in [0.15, 0.2) is 176 Å². The molecule has 0 saturated heterocycles. The molecule has 240 valence electrons. The van der Waals surface area contributed by atoms with E-state index in [4.69, 9.17) is 0 Å². The Hall–Kier alpha value is -5.66. The maximum Gasteiger partial charge on any atom is 0.0543 e. The molecule has 0 amide bonds. The predicted molar refractivity (Wildman–Crippen MR) is 209 cm³/mol. The summed E-state index contributed by atoms with van der Waals surface area (Å²) in [6.45, 7) is 0. The minimum Gasteiger partial charge on any atom is -0.310 e. The minimum atomic E-state index is 0.142. The second kappa shape index (κ2) is 11.7. The van der Waals surface area contributed by atoms with Crippen molar-refractivity contribution in [1.29, 1.82) is 0 Å². The Morgan fingerprint density at radius 2 is 0.900 bits per heavy atom. The largest absolute Gasteiger partial charge is 0.310 e. The van der Waals surface area contributed by atoms with Gasteiger partial charge in [-0.25, -0.2) is 0 Å². The van der Waals surface area contributed by atoms with Crippen LogP contribution in [0.3, 0.4) is 0 Å². The summed E-state index contributed by atoms with van der Waals surface area (Å²) in [5, 5.41) is 0. The van der Waals surface area contributed by atoms with E-state index in [1.165, 1.54) is 87.3 Å². The average Bonchev–Trinajstić information content (AvgIpc) is 3.89. The molecule has 1 spiro atoms. The molecule has 0 radical (unpaired) electrons. The first kappa shape index (κ1) is 29.3. The molecule has 10 rings (SSSR count). The van der Waals surface area contributed by atoms with Gasteiger partial charge in [-0.1, -0.05) is 152 Å². The maximum atomic E-state index is 2.50. The SMILES string of the molecule is c1ccc(-c2ccc(-c3ccc(N(c4ccc(-c5ccccc5)cc4)c4cccc5c4-c4ccccc4C54CC5CCC4C5)cc3)cc2)cc1. The molecule has 0 N–H and O–H groups in total. The summed E-state index contributed by atoms with van der Waals surface area (Å²) >= 11 is 0. The quantitative estimate of drug-likeness (QED) is 0.175. The fraction of sp³-hybridized carbons (Fsp3) is 0.143. The zero-order valence-corrected chi connectivity index (χ0v) is 28.2. The second-order valence-corrected chi connectivity index (χ2v) is 14.5. The highest BCUT2D eigenvalue weighted by Crippen LogP contribution is 2.67. The predicted octanol–water partition coefficient (Wildman–Crippen LogP) is 13.2. The van der Waals surface area contributed by atoms with Crippen molar-refractivity contribution >= 4 is 17.1 Å². The lowest BCUT2D eigenvalue weighted by Crippen LogP contribution is -2.31. The fourth-order valence-electron chi connectivity index (χ4n) is 9.76. The Kier molecular flexibility index (Phi) is 6.88. The number of anilines is 3. The van der Waals surface area contributed by atoms with Crippen molar-refractivity contribution < 1.29 is 0 Å². The van der Waals surface area contributed by atoms with Crippen LogP contribution in [0.2, 0.25) is 0 Å². The monoisotopic (exact) mass is 641 g/mol. The van der Waals surface area contributed by atoms with Gasteiger partial charge in [0.2, 0.25) is 0 Å². The number of rotatable bonds is 6. The molecule has 3 atom stereocenters. The summed E-state index contributed by atoms with van der Waals surface area (Å²) in [5.74, 6) is 1.58. The number of nitrogens with zero attached hydrogens (tertiary/aromatic N) is 1. The molecule has 3 aliphatic rings. The van der Waals surface area contributed by atoms with E-state index in [2.05, 4.69) is 181 Å². The van der Waals surface area contributed by atoms with Gasteiger partial charge in [-0.05, 0) is 112 Å². The zero-order chi connectivity index (χ0) is 33.1. The standard InChI is InChI=1S/C49H39N/c1-3-10-35(11-4-1)37-19-21-38(22-20-37)40-25-30-43(31-26-40)50(42-28-23-39(24-29-42)36-12-5-2-6-13-36)47-17-9-16-46-48(47)44-14-7-8-15-45(44)49(46)33-34-18-27-41(49)32-34/h1-17,19-26,28-31,34,41H,18,27,32-33H2. The second-order valence-electron chi connectivity index (χ2n) is 14.5. The lowest BCUT2D eigenvalue weighted by atomic mass is 9.67. The van der Waals surface area contributed by atoms with Crippen molar-refractivity contribution in [3.05, 3.63) is 187 Å². The van der Waals surface area contributed by atoms with E-state index in [0.29, 0.717) is 0 Å². The summed E-state index contributed by atoms with van der Waals surface area (Å²) in [7, 11) is 0. The van der Waals surface area contributed by atoms with E-state index < -0.39 is 0 Å². The highest BCUT2D eigenvalue weighted by Gasteiger charge is 2.57. The number of hydrogen-bond donors (Lipinski definition) is 0. The molecule has 7 aromatic rings. The molecule has 3 aliphatic carbocycles. The molecule has 1 nitrogen and oxygen atoms in total. The molecular weight excluding hydrogens is 603 g/mol. The topological polar surface area (TPSA) is 3.24 Å². The number of fused-ring (bicyclic) bond motifs is 8. The molecule has 1 heteroatoms. The van der Waals surface area contributed by atoms with E-state index >= 15 is 0 Å². The summed E-state index contributed by atoms with van der Waals surface area (Å²) < 4.78 is 0. The first-order chi connectivity index (χ1) is 24.8. The first-order valence-corrected chi connectivity index (χ1v) is 18.2. The lowest BCUT2D eigenvalue weighted by Gasteiger charge is -2.37. The highest BCUT2D eigenvalue weighted by molar-refractivity contribution is 5.95. The van der Waals surface area contributed by atoms with Crippen molar-refractivity contribution in [2.45, 2.75) is 31.1 Å². The van der Waals surface area contributed by atoms with Gasteiger partial charge in [0.15, 0.2) is 0 Å². The third-order valence-corrected chi connectivity index (χ3v) is 12.0. The van der Waals surface area contributed by atoms with Crippen LogP contribution in [0.25, 0.3) is 44.5 Å². The van der Waals surface area contributed by atoms with Crippen molar-refractivity contribution in [2.75, 3.05) is 4.90 Å². The molecule has 2 fully saturated rings. The van der Waals surface area contributed by atoms with Crippen LogP contribution in [-0.4, -0.2) is 0 Å². The number of benzene rings is 7. The summed E-state index contributed by atoms with van der Waals surface area (Å²) in [4.78, 5) is 2.50. The van der Waals surface area contributed by atoms with Crippen molar-refractivity contribution in [3.63, 3.8) is 0 Å². The van der Waals surface area contributed by atoms with E-state index in [0.717, 1.165) is 11.8 Å². The molecule has 50 heavy (non-hydrogen) atoms. The Labute approximate surface area is 295 Å². The van der Waals surface area contributed by atoms with Crippen molar-refractivity contribution in [1.82, 2.24) is 0 Å². The highest BCUT2D eigenvalue weighted by atomic mass is 15.1. The Morgan fingerprint density at radius 3 is 1.42 bits per heavy atom. The average molecular weight is 642 g/mol. The molecule has 0 aliphatic heterocycles. The summed E-state index contributed by atoms with van der Waals surface area (Å²) in [6.07, 6.45) is 5.40.